The van der Waals surface area contributed by atoms with Crippen molar-refractivity contribution in [2.45, 2.75) is 45.1 Å². The van der Waals surface area contributed by atoms with E-state index < -0.39 is 0 Å². The molecule has 0 bridgehead atoms. The number of anilines is 1. The van der Waals surface area contributed by atoms with Crippen LogP contribution in [0.15, 0.2) is 42.5 Å². The van der Waals surface area contributed by atoms with Gasteiger partial charge in [-0.15, -0.1) is 0 Å². The van der Waals surface area contributed by atoms with Gasteiger partial charge in [0.05, 0.1) is 6.04 Å². The molecule has 1 amide bonds. The maximum Gasteiger partial charge on any atom is 0.254 e. The van der Waals surface area contributed by atoms with Crippen LogP contribution < -0.4 is 4.90 Å². The molecule has 2 fully saturated rings. The van der Waals surface area contributed by atoms with E-state index in [9.17, 15) is 4.79 Å². The summed E-state index contributed by atoms with van der Waals surface area (Å²) in [6, 6.07) is 14.1. The maximum absolute atomic E-state index is 13.1. The Balaban J connectivity index is 1.61. The van der Waals surface area contributed by atoms with Gasteiger partial charge in [-0.2, -0.15) is 0 Å². The molecule has 0 N–H and O–H groups in total. The van der Waals surface area contributed by atoms with E-state index in [-0.39, 0.29) is 11.9 Å². The van der Waals surface area contributed by atoms with E-state index in [4.69, 9.17) is 4.98 Å². The van der Waals surface area contributed by atoms with Crippen LogP contribution in [0.4, 0.5) is 5.82 Å². The molecule has 26 heavy (non-hydrogen) atoms. The standard InChI is InChI=1S/C22H27N3O/c1-17-19(12-13-21(23-17)24-14-7-8-15-24)20-11-5-6-16-25(20)22(26)18-9-3-2-4-10-18/h2-4,9-10,12-13,20H,5-8,11,14-16H2,1H3/t20-/m1/s1. The average molecular weight is 349 g/mol. The lowest BCUT2D eigenvalue weighted by molar-refractivity contribution is 0.0610. The number of benzene rings is 1. The number of carbonyl (C=O) groups excluding carboxylic acids is 1. The number of nitrogens with zero attached hydrogens (tertiary/aromatic N) is 3. The number of piperidine rings is 1. The van der Waals surface area contributed by atoms with Crippen molar-refractivity contribution in [3.63, 3.8) is 0 Å². The van der Waals surface area contributed by atoms with Crippen LogP contribution in [0.1, 0.15) is 59.8 Å². The fourth-order valence-corrected chi connectivity index (χ4v) is 4.28. The second-order valence-electron chi connectivity index (χ2n) is 7.41. The summed E-state index contributed by atoms with van der Waals surface area (Å²) >= 11 is 0. The second-order valence-corrected chi connectivity index (χ2v) is 7.41. The first kappa shape index (κ1) is 17.1. The average Bonchev–Trinajstić information content (AvgIpc) is 3.23. The molecule has 0 saturated carbocycles. The third kappa shape index (κ3) is 3.33. The number of hydrogen-bond acceptors (Lipinski definition) is 3. The lowest BCUT2D eigenvalue weighted by Gasteiger charge is -2.37. The molecule has 0 radical (unpaired) electrons. The summed E-state index contributed by atoms with van der Waals surface area (Å²) in [4.78, 5) is 22.4. The lowest BCUT2D eigenvalue weighted by Crippen LogP contribution is -2.39. The van der Waals surface area contributed by atoms with Gasteiger partial charge in [0, 0.05) is 30.9 Å². The van der Waals surface area contributed by atoms with Crippen LogP contribution >= 0.6 is 0 Å². The van der Waals surface area contributed by atoms with Crippen molar-refractivity contribution in [2.75, 3.05) is 24.5 Å². The predicted octanol–water partition coefficient (Wildman–Crippen LogP) is 4.36. The predicted molar refractivity (Wildman–Crippen MR) is 104 cm³/mol. The third-order valence-corrected chi connectivity index (χ3v) is 5.69. The van der Waals surface area contributed by atoms with Gasteiger partial charge in [0.15, 0.2) is 0 Å². The molecular weight excluding hydrogens is 322 g/mol. The summed E-state index contributed by atoms with van der Waals surface area (Å²) in [5.41, 5.74) is 3.04. The minimum atomic E-state index is 0.136. The summed E-state index contributed by atoms with van der Waals surface area (Å²) in [5, 5.41) is 0. The van der Waals surface area contributed by atoms with Gasteiger partial charge in [0.1, 0.15) is 5.82 Å². The Morgan fingerprint density at radius 2 is 1.69 bits per heavy atom. The van der Waals surface area contributed by atoms with Crippen LogP contribution in [-0.4, -0.2) is 35.4 Å². The highest BCUT2D eigenvalue weighted by Gasteiger charge is 2.30. The zero-order valence-corrected chi connectivity index (χ0v) is 15.5. The third-order valence-electron chi connectivity index (χ3n) is 5.69. The molecule has 136 valence electrons. The van der Waals surface area contributed by atoms with Crippen molar-refractivity contribution < 1.29 is 4.79 Å². The first-order chi connectivity index (χ1) is 12.7. The van der Waals surface area contributed by atoms with E-state index in [1.165, 1.54) is 18.4 Å². The van der Waals surface area contributed by atoms with E-state index in [1.54, 1.807) is 0 Å². The molecule has 4 nitrogen and oxygen atoms in total. The normalized spacial score (nSPS) is 20.4. The van der Waals surface area contributed by atoms with Crippen molar-refractivity contribution in [1.29, 1.82) is 0 Å². The van der Waals surface area contributed by atoms with Crippen molar-refractivity contribution >= 4 is 11.7 Å². The highest BCUT2D eigenvalue weighted by atomic mass is 16.2. The number of pyridine rings is 1. The van der Waals surface area contributed by atoms with Crippen molar-refractivity contribution in [3.05, 3.63) is 59.3 Å². The zero-order chi connectivity index (χ0) is 17.9. The Labute approximate surface area is 155 Å². The number of likely N-dealkylation sites (tertiary alicyclic amines) is 1. The molecule has 1 aromatic carbocycles. The lowest BCUT2D eigenvalue weighted by atomic mass is 9.93. The van der Waals surface area contributed by atoms with Gasteiger partial charge < -0.3 is 9.80 Å². The van der Waals surface area contributed by atoms with Crippen LogP contribution in [-0.2, 0) is 0 Å². The Kier molecular flexibility index (Phi) is 4.91. The monoisotopic (exact) mass is 349 g/mol. The number of carbonyl (C=O) groups is 1. The number of hydrogen-bond donors (Lipinski definition) is 0. The summed E-state index contributed by atoms with van der Waals surface area (Å²) in [6.45, 7) is 5.13. The molecule has 0 aliphatic carbocycles. The quantitative estimate of drug-likeness (QED) is 0.826. The van der Waals surface area contributed by atoms with Gasteiger partial charge in [0.2, 0.25) is 0 Å². The van der Waals surface area contributed by atoms with Gasteiger partial charge in [0.25, 0.3) is 5.91 Å². The number of rotatable bonds is 3. The van der Waals surface area contributed by atoms with Crippen molar-refractivity contribution in [2.24, 2.45) is 0 Å². The molecule has 4 rings (SSSR count). The highest BCUT2D eigenvalue weighted by Crippen LogP contribution is 2.34. The minimum absolute atomic E-state index is 0.136. The fraction of sp³-hybridized carbons (Fsp3) is 0.455. The molecule has 1 aromatic heterocycles. The Bertz CT molecular complexity index is 768. The smallest absolute Gasteiger partial charge is 0.254 e. The maximum atomic E-state index is 13.1. The van der Waals surface area contributed by atoms with Crippen molar-refractivity contribution in [1.82, 2.24) is 9.88 Å². The summed E-state index contributed by atoms with van der Waals surface area (Å²) in [6.07, 6.45) is 5.77. The Morgan fingerprint density at radius 3 is 2.42 bits per heavy atom. The molecule has 2 saturated heterocycles. The van der Waals surface area contributed by atoms with E-state index in [2.05, 4.69) is 28.9 Å². The Morgan fingerprint density at radius 1 is 0.962 bits per heavy atom. The largest absolute Gasteiger partial charge is 0.357 e. The van der Waals surface area contributed by atoms with Crippen LogP contribution in [0.2, 0.25) is 0 Å². The summed E-state index contributed by atoms with van der Waals surface area (Å²) < 4.78 is 0. The molecule has 3 heterocycles. The second kappa shape index (κ2) is 7.48. The van der Waals surface area contributed by atoms with E-state index in [0.29, 0.717) is 0 Å². The van der Waals surface area contributed by atoms with Gasteiger partial charge in [-0.25, -0.2) is 4.98 Å². The summed E-state index contributed by atoms with van der Waals surface area (Å²) in [5.74, 6) is 1.22. The minimum Gasteiger partial charge on any atom is -0.357 e. The topological polar surface area (TPSA) is 36.4 Å². The van der Waals surface area contributed by atoms with Gasteiger partial charge in [-0.1, -0.05) is 24.3 Å². The van der Waals surface area contributed by atoms with Gasteiger partial charge in [-0.05, 0) is 62.8 Å². The molecule has 2 aromatic rings. The van der Waals surface area contributed by atoms with Crippen LogP contribution in [0, 0.1) is 6.92 Å². The first-order valence-electron chi connectivity index (χ1n) is 9.82. The molecule has 1 atom stereocenters. The molecule has 2 aliphatic rings. The number of aryl methyl sites for hydroxylation is 1. The van der Waals surface area contributed by atoms with Gasteiger partial charge in [-0.3, -0.25) is 4.79 Å². The first-order valence-corrected chi connectivity index (χ1v) is 9.82. The van der Waals surface area contributed by atoms with Crippen LogP contribution in [0.25, 0.3) is 0 Å². The van der Waals surface area contributed by atoms with Crippen molar-refractivity contribution in [3.8, 4) is 0 Å². The molecular formula is C22H27N3O. The van der Waals surface area contributed by atoms with Crippen LogP contribution in [0.5, 0.6) is 0 Å². The molecule has 0 spiro atoms. The fourth-order valence-electron chi connectivity index (χ4n) is 4.28. The zero-order valence-electron chi connectivity index (χ0n) is 15.5. The highest BCUT2D eigenvalue weighted by molar-refractivity contribution is 5.94. The molecule has 2 aliphatic heterocycles. The molecule has 0 unspecified atom stereocenters. The Hall–Kier alpha value is -2.36. The van der Waals surface area contributed by atoms with Gasteiger partial charge >= 0.3 is 0 Å². The molecule has 4 heteroatoms. The number of amides is 1. The number of aromatic nitrogens is 1. The summed E-state index contributed by atoms with van der Waals surface area (Å²) in [7, 11) is 0. The van der Waals surface area contributed by atoms with E-state index >= 15 is 0 Å². The van der Waals surface area contributed by atoms with Crippen LogP contribution in [0.3, 0.4) is 0 Å². The SMILES string of the molecule is Cc1nc(N2CCCC2)ccc1[C@H]1CCCCN1C(=O)c1ccccc1. The van der Waals surface area contributed by atoms with E-state index in [0.717, 1.165) is 56.0 Å². The van der Waals surface area contributed by atoms with E-state index in [1.807, 2.05) is 30.3 Å².